The lowest BCUT2D eigenvalue weighted by atomic mass is 10.1. The van der Waals surface area contributed by atoms with Gasteiger partial charge in [0.15, 0.2) is 42.2 Å². The third kappa shape index (κ3) is 4.75. The number of rotatable bonds is 7. The molecule has 0 bridgehead atoms. The normalized spacial score (nSPS) is 21.8. The van der Waals surface area contributed by atoms with Gasteiger partial charge in [-0.1, -0.05) is 11.3 Å². The van der Waals surface area contributed by atoms with E-state index >= 15 is 0 Å². The van der Waals surface area contributed by atoms with Crippen molar-refractivity contribution in [2.75, 3.05) is 12.3 Å². The molecule has 188 valence electrons. The minimum absolute atomic E-state index is 0.0183. The van der Waals surface area contributed by atoms with E-state index in [2.05, 4.69) is 9.97 Å². The number of aliphatic hydroxyl groups excluding tert-OH is 1. The number of thiazole rings is 1. The largest absolute Gasteiger partial charge is 0.519 e. The molecule has 0 amide bonds. The van der Waals surface area contributed by atoms with Crippen LogP contribution in [0.1, 0.15) is 31.6 Å². The lowest BCUT2D eigenvalue weighted by Gasteiger charge is -2.23. The van der Waals surface area contributed by atoms with Crippen LogP contribution in [0.2, 0.25) is 0 Å². The molecule has 3 aromatic heterocycles. The third-order valence-corrected chi connectivity index (χ3v) is 5.88. The summed E-state index contributed by atoms with van der Waals surface area (Å²) in [6, 6.07) is 0. The van der Waals surface area contributed by atoms with Crippen molar-refractivity contribution in [3.8, 4) is 5.88 Å². The van der Waals surface area contributed by atoms with Gasteiger partial charge in [-0.2, -0.15) is 9.97 Å². The number of anilines is 1. The number of nitrogens with zero attached hydrogens (tertiary/aromatic N) is 3. The number of nitrogen functional groups attached to an aromatic ring is 1. The summed E-state index contributed by atoms with van der Waals surface area (Å²) in [4.78, 5) is 55.2. The van der Waals surface area contributed by atoms with Crippen LogP contribution in [0.15, 0.2) is 18.4 Å². The van der Waals surface area contributed by atoms with Crippen molar-refractivity contribution in [2.45, 2.75) is 51.9 Å². The standard InChI is InChI=1S/C19H20N4O11S/c1-6-10(34-19(28)30-6)5-29-15-13-14(21-17(20)22-15)23(18(27)35-13)16-12(32-8(3)26)11(31-7(2)25)9(4-24)33-16/h9,11-12,16,24H,4-5H2,1-3H3,(H2,20,21,22)/t9-,11-,12-,16-/m1/s1. The number of carbonyl (C=O) groups is 2. The number of fused-ring (bicyclic) bond motifs is 1. The molecule has 4 heterocycles. The van der Waals surface area contributed by atoms with E-state index in [1.54, 1.807) is 0 Å². The molecule has 0 radical (unpaired) electrons. The minimum Gasteiger partial charge on any atom is -0.468 e. The second kappa shape index (κ2) is 9.47. The quantitative estimate of drug-likeness (QED) is 0.387. The summed E-state index contributed by atoms with van der Waals surface area (Å²) in [6.45, 7) is 2.92. The Balaban J connectivity index is 1.77. The molecule has 3 N–H and O–H groups in total. The zero-order chi connectivity index (χ0) is 25.4. The maximum Gasteiger partial charge on any atom is 0.519 e. The minimum atomic E-state index is -1.32. The van der Waals surface area contributed by atoms with Crippen LogP contribution in [-0.4, -0.2) is 56.5 Å². The first kappa shape index (κ1) is 24.4. The number of hydrogen-bond donors (Lipinski definition) is 2. The van der Waals surface area contributed by atoms with Gasteiger partial charge >= 0.3 is 22.6 Å². The number of nitrogens with two attached hydrogens (primary N) is 1. The van der Waals surface area contributed by atoms with Gasteiger partial charge in [0.1, 0.15) is 10.8 Å². The Kier molecular flexibility index (Phi) is 6.60. The van der Waals surface area contributed by atoms with E-state index in [1.807, 2.05) is 0 Å². The van der Waals surface area contributed by atoms with E-state index in [4.69, 9.17) is 33.5 Å². The Morgan fingerprint density at radius 3 is 2.43 bits per heavy atom. The van der Waals surface area contributed by atoms with Crippen LogP contribution >= 0.6 is 11.3 Å². The zero-order valence-electron chi connectivity index (χ0n) is 18.6. The second-order valence-corrected chi connectivity index (χ2v) is 8.36. The second-order valence-electron chi connectivity index (χ2n) is 7.40. The molecule has 0 spiro atoms. The maximum absolute atomic E-state index is 13.0. The average Bonchev–Trinajstić information content (AvgIpc) is 3.38. The summed E-state index contributed by atoms with van der Waals surface area (Å²) in [7, 11) is 0. The Bertz CT molecular complexity index is 1390. The highest BCUT2D eigenvalue weighted by atomic mass is 32.1. The molecule has 1 saturated heterocycles. The van der Waals surface area contributed by atoms with E-state index in [1.165, 1.54) is 6.92 Å². The average molecular weight is 512 g/mol. The van der Waals surface area contributed by atoms with Gasteiger partial charge in [-0.05, 0) is 6.92 Å². The molecule has 1 aliphatic rings. The van der Waals surface area contributed by atoms with Crippen LogP contribution in [0.25, 0.3) is 10.3 Å². The predicted octanol–water partition coefficient (Wildman–Crippen LogP) is -0.378. The van der Waals surface area contributed by atoms with Gasteiger partial charge < -0.3 is 38.6 Å². The highest BCUT2D eigenvalue weighted by Crippen LogP contribution is 2.37. The lowest BCUT2D eigenvalue weighted by Crippen LogP contribution is -2.40. The fraction of sp³-hybridized carbons (Fsp3) is 0.474. The van der Waals surface area contributed by atoms with Crippen LogP contribution in [-0.2, 0) is 30.4 Å². The zero-order valence-corrected chi connectivity index (χ0v) is 19.4. The Hall–Kier alpha value is -3.76. The highest BCUT2D eigenvalue weighted by molar-refractivity contribution is 7.16. The first-order valence-electron chi connectivity index (χ1n) is 10.1. The van der Waals surface area contributed by atoms with Crippen molar-refractivity contribution in [1.82, 2.24) is 14.5 Å². The number of aliphatic hydroxyl groups is 1. The van der Waals surface area contributed by atoms with E-state index in [-0.39, 0.29) is 40.3 Å². The summed E-state index contributed by atoms with van der Waals surface area (Å²) in [5.41, 5.74) is 5.81. The van der Waals surface area contributed by atoms with Gasteiger partial charge in [0, 0.05) is 13.8 Å². The molecule has 35 heavy (non-hydrogen) atoms. The van der Waals surface area contributed by atoms with E-state index in [9.17, 15) is 24.3 Å². The van der Waals surface area contributed by atoms with E-state index in [0.29, 0.717) is 11.3 Å². The lowest BCUT2D eigenvalue weighted by molar-refractivity contribution is -0.165. The van der Waals surface area contributed by atoms with Crippen molar-refractivity contribution in [3.05, 3.63) is 31.8 Å². The molecule has 3 aromatic rings. The molecular weight excluding hydrogens is 492 g/mol. The summed E-state index contributed by atoms with van der Waals surface area (Å²) in [6.07, 6.45) is -4.91. The van der Waals surface area contributed by atoms with Crippen molar-refractivity contribution in [2.24, 2.45) is 0 Å². The van der Waals surface area contributed by atoms with Crippen molar-refractivity contribution in [3.63, 3.8) is 0 Å². The fourth-order valence-electron chi connectivity index (χ4n) is 3.59. The van der Waals surface area contributed by atoms with Crippen LogP contribution in [0.5, 0.6) is 5.88 Å². The topological polar surface area (TPSA) is 208 Å². The molecular formula is C19H20N4O11S. The van der Waals surface area contributed by atoms with Crippen LogP contribution in [0.4, 0.5) is 5.95 Å². The number of aryl methyl sites for hydroxylation is 1. The number of aromatic nitrogens is 3. The van der Waals surface area contributed by atoms with Crippen molar-refractivity contribution in [1.29, 1.82) is 0 Å². The molecule has 1 fully saturated rings. The van der Waals surface area contributed by atoms with Gasteiger partial charge in [0.05, 0.1) is 6.61 Å². The van der Waals surface area contributed by atoms with E-state index in [0.717, 1.165) is 18.4 Å². The Morgan fingerprint density at radius 2 is 1.83 bits per heavy atom. The summed E-state index contributed by atoms with van der Waals surface area (Å²) in [5, 5.41) is 9.74. The van der Waals surface area contributed by atoms with Crippen LogP contribution in [0, 0.1) is 6.92 Å². The Labute approximate surface area is 199 Å². The van der Waals surface area contributed by atoms with Gasteiger partial charge in [0.2, 0.25) is 11.8 Å². The van der Waals surface area contributed by atoms with Crippen LogP contribution in [0.3, 0.4) is 0 Å². The molecule has 0 aliphatic carbocycles. The molecule has 15 nitrogen and oxygen atoms in total. The van der Waals surface area contributed by atoms with Crippen molar-refractivity contribution >= 4 is 39.6 Å². The molecule has 16 heteroatoms. The van der Waals surface area contributed by atoms with Gasteiger partial charge in [0.25, 0.3) is 0 Å². The van der Waals surface area contributed by atoms with Gasteiger partial charge in [-0.3, -0.25) is 19.0 Å². The first-order valence-corrected chi connectivity index (χ1v) is 10.9. The molecule has 0 aromatic carbocycles. The summed E-state index contributed by atoms with van der Waals surface area (Å²) >= 11 is 0.686. The van der Waals surface area contributed by atoms with Gasteiger partial charge in [-0.15, -0.1) is 0 Å². The number of carbonyl (C=O) groups excluding carboxylic acids is 2. The molecule has 1 aliphatic heterocycles. The monoisotopic (exact) mass is 512 g/mol. The number of ether oxygens (including phenoxy) is 4. The molecule has 0 unspecified atom stereocenters. The molecule has 4 atom stereocenters. The van der Waals surface area contributed by atoms with Gasteiger partial charge in [-0.25, -0.2) is 4.79 Å². The number of esters is 2. The summed E-state index contributed by atoms with van der Waals surface area (Å²) < 4.78 is 32.8. The number of hydrogen-bond acceptors (Lipinski definition) is 15. The summed E-state index contributed by atoms with van der Waals surface area (Å²) in [5.74, 6) is -2.39. The smallest absolute Gasteiger partial charge is 0.468 e. The van der Waals surface area contributed by atoms with E-state index < -0.39 is 53.8 Å². The highest BCUT2D eigenvalue weighted by Gasteiger charge is 2.51. The third-order valence-electron chi connectivity index (χ3n) is 4.95. The molecule has 0 saturated carbocycles. The SMILES string of the molecule is CC(=O)O[C@@H]1[C@H](OC(C)=O)[C@@H](CO)O[C@H]1n1c(=O)sc2c(OCc3oc(=O)oc3C)nc(N)nc21. The molecule has 4 rings (SSSR count). The maximum atomic E-state index is 13.0. The fourth-order valence-corrected chi connectivity index (χ4v) is 4.48. The van der Waals surface area contributed by atoms with Crippen LogP contribution < -0.4 is 21.2 Å². The Morgan fingerprint density at radius 1 is 1.14 bits per heavy atom. The first-order chi connectivity index (χ1) is 16.6. The predicted molar refractivity (Wildman–Crippen MR) is 115 cm³/mol. The van der Waals surface area contributed by atoms with Crippen molar-refractivity contribution < 1.29 is 42.5 Å².